The topological polar surface area (TPSA) is 73.1 Å². The quantitative estimate of drug-likeness (QED) is 0.670. The van der Waals surface area contributed by atoms with Crippen LogP contribution in [0.25, 0.3) is 0 Å². The number of ether oxygens (including phenoxy) is 1. The molecule has 0 atom stereocenters. The molecule has 2 aliphatic rings. The molecule has 1 aromatic heterocycles. The molecule has 1 heterocycles. The monoisotopic (exact) mass is 265 g/mol. The number of tetrazole rings is 1. The molecule has 19 heavy (non-hydrogen) atoms. The van der Waals surface area contributed by atoms with Crippen LogP contribution in [0.3, 0.4) is 0 Å². The van der Waals surface area contributed by atoms with Crippen LogP contribution >= 0.6 is 0 Å². The fourth-order valence-electron chi connectivity index (χ4n) is 2.23. The van der Waals surface area contributed by atoms with Crippen molar-refractivity contribution in [1.29, 1.82) is 0 Å². The van der Waals surface area contributed by atoms with E-state index in [0.717, 1.165) is 31.5 Å². The van der Waals surface area contributed by atoms with Gasteiger partial charge in [0.15, 0.2) is 5.82 Å². The van der Waals surface area contributed by atoms with Crippen molar-refractivity contribution in [3.05, 3.63) is 5.82 Å². The Balaban J connectivity index is 1.63. The largest absolute Gasteiger partial charge is 0.465 e. The lowest BCUT2D eigenvalue weighted by atomic mass is 10.4. The summed E-state index contributed by atoms with van der Waals surface area (Å²) in [5.74, 6) is 0.693. The molecule has 0 unspecified atom stereocenters. The Labute approximate surface area is 111 Å². The zero-order valence-corrected chi connectivity index (χ0v) is 11.2. The predicted molar refractivity (Wildman–Crippen MR) is 66.2 cm³/mol. The van der Waals surface area contributed by atoms with Gasteiger partial charge in [-0.15, -0.1) is 5.10 Å². The van der Waals surface area contributed by atoms with Crippen molar-refractivity contribution in [2.75, 3.05) is 13.2 Å². The Kier molecular flexibility index (Phi) is 3.46. The second kappa shape index (κ2) is 5.24. The van der Waals surface area contributed by atoms with E-state index in [1.807, 2.05) is 11.6 Å². The van der Waals surface area contributed by atoms with Crippen LogP contribution in [-0.4, -0.2) is 50.3 Å². The third-order valence-electron chi connectivity index (χ3n) is 3.50. The molecule has 2 saturated carbocycles. The molecule has 1 aromatic rings. The maximum Gasteiger partial charge on any atom is 0.320 e. The van der Waals surface area contributed by atoms with Crippen LogP contribution in [0.2, 0.25) is 0 Å². The summed E-state index contributed by atoms with van der Waals surface area (Å²) in [6.07, 6.45) is 4.59. The van der Waals surface area contributed by atoms with Gasteiger partial charge in [0.1, 0.15) is 0 Å². The molecule has 0 amide bonds. The van der Waals surface area contributed by atoms with Gasteiger partial charge in [-0.05, 0) is 43.0 Å². The zero-order chi connectivity index (χ0) is 13.2. The molecular weight excluding hydrogens is 246 g/mol. The third-order valence-corrected chi connectivity index (χ3v) is 3.50. The lowest BCUT2D eigenvalue weighted by Crippen LogP contribution is -2.33. The summed E-state index contributed by atoms with van der Waals surface area (Å²) in [5, 5.41) is 11.9. The van der Waals surface area contributed by atoms with E-state index in [0.29, 0.717) is 31.8 Å². The summed E-state index contributed by atoms with van der Waals surface area (Å²) in [7, 11) is 0. The van der Waals surface area contributed by atoms with Crippen molar-refractivity contribution in [3.8, 4) is 0 Å². The molecule has 7 nitrogen and oxygen atoms in total. The lowest BCUT2D eigenvalue weighted by Gasteiger charge is -2.20. The van der Waals surface area contributed by atoms with Crippen LogP contribution in [0, 0.1) is 0 Å². The van der Waals surface area contributed by atoms with Gasteiger partial charge in [-0.3, -0.25) is 9.69 Å². The highest BCUT2D eigenvalue weighted by atomic mass is 16.5. The highest BCUT2D eigenvalue weighted by molar-refractivity contribution is 5.71. The number of carbonyl (C=O) groups excluding carboxylic acids is 1. The van der Waals surface area contributed by atoms with E-state index in [1.165, 1.54) is 0 Å². The van der Waals surface area contributed by atoms with Gasteiger partial charge in [0.2, 0.25) is 0 Å². The Bertz CT molecular complexity index is 453. The molecule has 0 N–H and O–H groups in total. The number of esters is 1. The summed E-state index contributed by atoms with van der Waals surface area (Å²) in [6, 6.07) is 0.947. The van der Waals surface area contributed by atoms with Crippen LogP contribution in [0.4, 0.5) is 0 Å². The Morgan fingerprint density at radius 1 is 1.42 bits per heavy atom. The highest BCUT2D eigenvalue weighted by Gasteiger charge is 2.34. The van der Waals surface area contributed by atoms with E-state index in [1.54, 1.807) is 0 Å². The fourth-order valence-corrected chi connectivity index (χ4v) is 2.23. The number of hydrogen-bond acceptors (Lipinski definition) is 6. The van der Waals surface area contributed by atoms with Gasteiger partial charge in [0.05, 0.1) is 25.7 Å². The Morgan fingerprint density at radius 3 is 2.84 bits per heavy atom. The average Bonchev–Trinajstić information content (AvgIpc) is 3.29. The van der Waals surface area contributed by atoms with Crippen molar-refractivity contribution < 1.29 is 9.53 Å². The Morgan fingerprint density at radius 2 is 2.21 bits per heavy atom. The van der Waals surface area contributed by atoms with Gasteiger partial charge in [0, 0.05) is 6.04 Å². The first-order valence-corrected chi connectivity index (χ1v) is 6.94. The van der Waals surface area contributed by atoms with E-state index in [2.05, 4.69) is 20.4 Å². The molecule has 0 radical (unpaired) electrons. The van der Waals surface area contributed by atoms with Crippen LogP contribution < -0.4 is 0 Å². The van der Waals surface area contributed by atoms with Crippen molar-refractivity contribution in [3.63, 3.8) is 0 Å². The van der Waals surface area contributed by atoms with Gasteiger partial charge in [-0.2, -0.15) is 0 Å². The molecule has 2 fully saturated rings. The van der Waals surface area contributed by atoms with Crippen molar-refractivity contribution in [2.45, 2.75) is 51.2 Å². The lowest BCUT2D eigenvalue weighted by molar-refractivity contribution is -0.144. The Hall–Kier alpha value is -1.50. The maximum absolute atomic E-state index is 11.6. The second-order valence-corrected chi connectivity index (χ2v) is 5.21. The molecule has 0 spiro atoms. The van der Waals surface area contributed by atoms with E-state index >= 15 is 0 Å². The second-order valence-electron chi connectivity index (χ2n) is 5.21. The van der Waals surface area contributed by atoms with Crippen molar-refractivity contribution in [2.24, 2.45) is 0 Å². The standard InChI is InChI=1S/C12H19N5O2/c1-2-19-12(18)8-16(9-3-4-9)7-11-13-14-15-17(11)10-5-6-10/h9-10H,2-8H2,1H3. The minimum absolute atomic E-state index is 0.167. The summed E-state index contributed by atoms with van der Waals surface area (Å²) < 4.78 is 6.92. The number of aromatic nitrogens is 4. The van der Waals surface area contributed by atoms with Gasteiger partial charge >= 0.3 is 5.97 Å². The van der Waals surface area contributed by atoms with Gasteiger partial charge in [-0.1, -0.05) is 0 Å². The van der Waals surface area contributed by atoms with Crippen LogP contribution in [-0.2, 0) is 16.1 Å². The van der Waals surface area contributed by atoms with E-state index in [4.69, 9.17) is 4.74 Å². The van der Waals surface area contributed by atoms with Crippen LogP contribution in [0.5, 0.6) is 0 Å². The van der Waals surface area contributed by atoms with E-state index in [9.17, 15) is 4.79 Å². The van der Waals surface area contributed by atoms with Gasteiger partial charge in [0.25, 0.3) is 0 Å². The van der Waals surface area contributed by atoms with Crippen molar-refractivity contribution in [1.82, 2.24) is 25.1 Å². The molecule has 7 heteroatoms. The SMILES string of the molecule is CCOC(=O)CN(Cc1nnnn1C1CC1)C1CC1. The first-order valence-electron chi connectivity index (χ1n) is 6.94. The molecule has 0 saturated heterocycles. The maximum atomic E-state index is 11.6. The molecule has 2 aliphatic carbocycles. The number of nitrogens with zero attached hydrogens (tertiary/aromatic N) is 5. The third kappa shape index (κ3) is 3.09. The van der Waals surface area contributed by atoms with Crippen molar-refractivity contribution >= 4 is 5.97 Å². The van der Waals surface area contributed by atoms with Gasteiger partial charge in [-0.25, -0.2) is 4.68 Å². The molecular formula is C12H19N5O2. The highest BCUT2D eigenvalue weighted by Crippen LogP contribution is 2.35. The number of carbonyl (C=O) groups is 1. The minimum atomic E-state index is -0.167. The van der Waals surface area contributed by atoms with Crippen LogP contribution in [0.15, 0.2) is 0 Å². The average molecular weight is 265 g/mol. The van der Waals surface area contributed by atoms with E-state index in [-0.39, 0.29) is 5.97 Å². The molecule has 0 bridgehead atoms. The molecule has 0 aliphatic heterocycles. The number of rotatable bonds is 7. The summed E-state index contributed by atoms with van der Waals surface area (Å²) in [5.41, 5.74) is 0. The zero-order valence-electron chi connectivity index (χ0n) is 11.2. The minimum Gasteiger partial charge on any atom is -0.465 e. The molecule has 3 rings (SSSR count). The van der Waals surface area contributed by atoms with E-state index < -0.39 is 0 Å². The first-order chi connectivity index (χ1) is 9.28. The molecule has 104 valence electrons. The predicted octanol–water partition coefficient (Wildman–Crippen LogP) is 0.535. The summed E-state index contributed by atoms with van der Waals surface area (Å²) in [6.45, 7) is 3.22. The first kappa shape index (κ1) is 12.5. The normalized spacial score (nSPS) is 18.8. The summed E-state index contributed by atoms with van der Waals surface area (Å²) in [4.78, 5) is 13.8. The number of hydrogen-bond donors (Lipinski definition) is 0. The summed E-state index contributed by atoms with van der Waals surface area (Å²) >= 11 is 0. The fraction of sp³-hybridized carbons (Fsp3) is 0.833. The van der Waals surface area contributed by atoms with Gasteiger partial charge < -0.3 is 4.74 Å². The van der Waals surface area contributed by atoms with Crippen LogP contribution in [0.1, 0.15) is 44.5 Å². The molecule has 0 aromatic carbocycles. The smallest absolute Gasteiger partial charge is 0.320 e.